The number of nitrogens with zero attached hydrogens (tertiary/aromatic N) is 6. The van der Waals surface area contributed by atoms with Crippen molar-refractivity contribution in [3.05, 3.63) is 223 Å². The second-order valence-corrected chi connectivity index (χ2v) is 16.9. The molecule has 0 N–H and O–H groups in total. The van der Waals surface area contributed by atoms with Gasteiger partial charge in [0.05, 0.1) is 45.1 Å². The van der Waals surface area contributed by atoms with Crippen LogP contribution >= 0.6 is 0 Å². The molecule has 9 aromatic carbocycles. The lowest BCUT2D eigenvalue weighted by atomic mass is 9.93. The molecule has 0 fully saturated rings. The smallest absolute Gasteiger partial charge is 0.164 e. The summed E-state index contributed by atoms with van der Waals surface area (Å²) in [6.07, 6.45) is 0. The molecule has 3 aromatic heterocycles. The summed E-state index contributed by atoms with van der Waals surface area (Å²) >= 11 is 0. The summed E-state index contributed by atoms with van der Waals surface area (Å²) in [7, 11) is 0. The van der Waals surface area contributed by atoms with Crippen LogP contribution in [0, 0.1) is 25.2 Å². The summed E-state index contributed by atoms with van der Waals surface area (Å²) in [5.74, 6) is 1.77. The summed E-state index contributed by atoms with van der Waals surface area (Å²) < 4.78 is 4.73. The first-order valence-electron chi connectivity index (χ1n) is 22.2. The molecule has 0 bridgehead atoms. The lowest BCUT2D eigenvalue weighted by molar-refractivity contribution is 1.07. The van der Waals surface area contributed by atoms with Crippen molar-refractivity contribution >= 4 is 43.6 Å². The van der Waals surface area contributed by atoms with Crippen LogP contribution in [-0.4, -0.2) is 24.1 Å². The van der Waals surface area contributed by atoms with Crippen molar-refractivity contribution in [1.82, 2.24) is 24.1 Å². The molecular weight excluding hydrogens is 805 g/mol. The highest BCUT2D eigenvalue weighted by atomic mass is 15.0. The van der Waals surface area contributed by atoms with Gasteiger partial charge in [-0.1, -0.05) is 145 Å². The molecule has 66 heavy (non-hydrogen) atoms. The molecule has 12 rings (SSSR count). The van der Waals surface area contributed by atoms with E-state index in [9.17, 15) is 5.26 Å². The van der Waals surface area contributed by atoms with Gasteiger partial charge in [-0.3, -0.25) is 0 Å². The van der Waals surface area contributed by atoms with Crippen molar-refractivity contribution in [3.8, 4) is 73.9 Å². The van der Waals surface area contributed by atoms with Crippen LogP contribution in [-0.2, 0) is 0 Å². The SMILES string of the molecule is Cc1ccc2c(c1)c1ccccc1n2-c1ccc(-c2nc(-c3ccccc3)nc(-c3ccccc3)n2)cc1-c1ccc(-n2c3ccccc3c3cc(C)ccc32)c(-c2ccccc2C#N)c1. The first kappa shape index (κ1) is 38.7. The zero-order chi connectivity index (χ0) is 44.3. The maximum Gasteiger partial charge on any atom is 0.164 e. The fraction of sp³-hybridized carbons (Fsp3) is 0.0333. The van der Waals surface area contributed by atoms with Gasteiger partial charge in [-0.15, -0.1) is 0 Å². The fourth-order valence-corrected chi connectivity index (χ4v) is 9.66. The molecule has 6 nitrogen and oxygen atoms in total. The molecule has 3 heterocycles. The van der Waals surface area contributed by atoms with E-state index < -0.39 is 0 Å². The molecule has 0 aliphatic rings. The van der Waals surface area contributed by atoms with Gasteiger partial charge in [0.1, 0.15) is 0 Å². The highest BCUT2D eigenvalue weighted by Gasteiger charge is 2.22. The van der Waals surface area contributed by atoms with Crippen molar-refractivity contribution in [2.45, 2.75) is 13.8 Å². The molecule has 0 atom stereocenters. The van der Waals surface area contributed by atoms with Crippen LogP contribution < -0.4 is 0 Å². The zero-order valence-corrected chi connectivity index (χ0v) is 36.3. The quantitative estimate of drug-likeness (QED) is 0.160. The number of nitriles is 1. The summed E-state index contributed by atoms with van der Waals surface area (Å²) in [6.45, 7) is 4.29. The summed E-state index contributed by atoms with van der Waals surface area (Å²) in [5.41, 5.74) is 15.9. The average molecular weight is 845 g/mol. The molecule has 0 spiro atoms. The summed E-state index contributed by atoms with van der Waals surface area (Å²) in [5, 5.41) is 15.4. The summed E-state index contributed by atoms with van der Waals surface area (Å²) in [6, 6.07) is 74.4. The van der Waals surface area contributed by atoms with Gasteiger partial charge >= 0.3 is 0 Å². The predicted molar refractivity (Wildman–Crippen MR) is 270 cm³/mol. The molecule has 0 aliphatic heterocycles. The third-order valence-electron chi connectivity index (χ3n) is 12.7. The topological polar surface area (TPSA) is 72.3 Å². The number of aryl methyl sites for hydroxylation is 2. The summed E-state index contributed by atoms with van der Waals surface area (Å²) in [4.78, 5) is 15.3. The van der Waals surface area contributed by atoms with Crippen LogP contribution in [0.3, 0.4) is 0 Å². The molecule has 310 valence electrons. The molecule has 0 saturated carbocycles. The molecule has 12 aromatic rings. The largest absolute Gasteiger partial charge is 0.309 e. The Hall–Kier alpha value is -8.92. The highest BCUT2D eigenvalue weighted by molar-refractivity contribution is 6.11. The highest BCUT2D eigenvalue weighted by Crippen LogP contribution is 2.43. The Morgan fingerprint density at radius 2 is 0.788 bits per heavy atom. The predicted octanol–water partition coefficient (Wildman–Crippen LogP) is 14.9. The van der Waals surface area contributed by atoms with Crippen molar-refractivity contribution in [1.29, 1.82) is 5.26 Å². The number of rotatable bonds is 7. The molecular formula is C60H40N6. The Balaban J connectivity index is 1.16. The van der Waals surface area contributed by atoms with Crippen LogP contribution in [0.25, 0.3) is 111 Å². The van der Waals surface area contributed by atoms with E-state index in [0.29, 0.717) is 23.0 Å². The van der Waals surface area contributed by atoms with Gasteiger partial charge in [-0.2, -0.15) is 5.26 Å². The second-order valence-electron chi connectivity index (χ2n) is 16.9. The minimum absolute atomic E-state index is 0.570. The monoisotopic (exact) mass is 844 g/mol. The van der Waals surface area contributed by atoms with Crippen molar-refractivity contribution in [2.75, 3.05) is 0 Å². The van der Waals surface area contributed by atoms with Gasteiger partial charge < -0.3 is 9.13 Å². The molecule has 0 unspecified atom stereocenters. The number of benzene rings is 9. The molecule has 0 aliphatic carbocycles. The van der Waals surface area contributed by atoms with E-state index in [2.05, 4.69) is 156 Å². The van der Waals surface area contributed by atoms with Gasteiger partial charge in [0, 0.05) is 54.9 Å². The Morgan fingerprint density at radius 1 is 0.348 bits per heavy atom. The Labute approximate surface area is 382 Å². The van der Waals surface area contributed by atoms with Gasteiger partial charge in [-0.25, -0.2) is 15.0 Å². The van der Waals surface area contributed by atoms with Gasteiger partial charge in [0.15, 0.2) is 17.5 Å². The normalized spacial score (nSPS) is 11.5. The van der Waals surface area contributed by atoms with E-state index in [-0.39, 0.29) is 0 Å². The minimum atomic E-state index is 0.570. The Morgan fingerprint density at radius 3 is 1.35 bits per heavy atom. The second kappa shape index (κ2) is 15.7. The van der Waals surface area contributed by atoms with Crippen LogP contribution in [0.2, 0.25) is 0 Å². The van der Waals surface area contributed by atoms with Gasteiger partial charge in [0.2, 0.25) is 0 Å². The van der Waals surface area contributed by atoms with Crippen molar-refractivity contribution in [3.63, 3.8) is 0 Å². The number of hydrogen-bond donors (Lipinski definition) is 0. The van der Waals surface area contributed by atoms with Crippen LogP contribution in [0.15, 0.2) is 206 Å². The van der Waals surface area contributed by atoms with Crippen molar-refractivity contribution in [2.24, 2.45) is 0 Å². The Bertz CT molecular complexity index is 3850. The van der Waals surface area contributed by atoms with Crippen molar-refractivity contribution < 1.29 is 0 Å². The van der Waals surface area contributed by atoms with E-state index in [1.54, 1.807) is 0 Å². The first-order valence-corrected chi connectivity index (χ1v) is 22.2. The first-order chi connectivity index (χ1) is 32.5. The maximum absolute atomic E-state index is 10.6. The molecule has 6 heteroatoms. The maximum atomic E-state index is 10.6. The zero-order valence-electron chi connectivity index (χ0n) is 36.3. The standard InChI is InChI=1S/C60H40N6/c1-38-25-29-55-49(33-38)46-21-11-13-23-52(46)65(55)54-32-28-43(60-63-58(40-15-5-3-6-16-40)62-59(64-60)41-17-7-4-8-18-41)36-48(54)42-27-31-57(51(35-42)45-20-10-9-19-44(45)37-61)66-53-24-14-12-22-47(53)50-34-39(2)26-30-56(50)66/h3-36H,1-2H3. The van der Waals surface area contributed by atoms with E-state index in [1.165, 1.54) is 32.7 Å². The van der Waals surface area contributed by atoms with E-state index >= 15 is 0 Å². The Kier molecular flexibility index (Phi) is 9.22. The molecule has 0 radical (unpaired) electrons. The number of fused-ring (bicyclic) bond motifs is 6. The lowest BCUT2D eigenvalue weighted by Gasteiger charge is -2.19. The third kappa shape index (κ3) is 6.45. The number of hydrogen-bond acceptors (Lipinski definition) is 4. The van der Waals surface area contributed by atoms with Crippen LogP contribution in [0.5, 0.6) is 0 Å². The fourth-order valence-electron chi connectivity index (χ4n) is 9.66. The minimum Gasteiger partial charge on any atom is -0.309 e. The average Bonchev–Trinajstić information content (AvgIpc) is 3.88. The molecule has 0 saturated heterocycles. The molecule has 0 amide bonds. The third-order valence-corrected chi connectivity index (χ3v) is 12.7. The van der Waals surface area contributed by atoms with Crippen LogP contribution in [0.1, 0.15) is 16.7 Å². The lowest BCUT2D eigenvalue weighted by Crippen LogP contribution is -2.03. The van der Waals surface area contributed by atoms with E-state index in [0.717, 1.165) is 72.4 Å². The number of aromatic nitrogens is 5. The van der Waals surface area contributed by atoms with Gasteiger partial charge in [-0.05, 0) is 92.2 Å². The number of para-hydroxylation sites is 2. The van der Waals surface area contributed by atoms with Gasteiger partial charge in [0.25, 0.3) is 0 Å². The van der Waals surface area contributed by atoms with E-state index in [1.807, 2.05) is 78.9 Å². The van der Waals surface area contributed by atoms with Crippen LogP contribution in [0.4, 0.5) is 0 Å². The van der Waals surface area contributed by atoms with E-state index in [4.69, 9.17) is 15.0 Å².